The molecule has 1 aromatic carbocycles. The fraction of sp³-hybridized carbons (Fsp3) is 0.154. The Morgan fingerprint density at radius 2 is 1.94 bits per heavy atom. The van der Waals surface area contributed by atoms with E-state index in [-0.39, 0.29) is 5.15 Å². The van der Waals surface area contributed by atoms with Gasteiger partial charge in [0, 0.05) is 6.20 Å². The number of hydrogen-bond donors (Lipinski definition) is 0. The molecule has 0 bridgehead atoms. The van der Waals surface area contributed by atoms with Gasteiger partial charge in [-0.1, -0.05) is 41.9 Å². The number of halogens is 2. The van der Waals surface area contributed by atoms with Crippen molar-refractivity contribution in [3.05, 3.63) is 58.9 Å². The minimum Gasteiger partial charge on any atom is -0.488 e. The summed E-state index contributed by atoms with van der Waals surface area (Å²) in [5.41, 5.74) is 1.32. The Bertz CT molecular complexity index is 490. The summed E-state index contributed by atoms with van der Waals surface area (Å²) >= 11 is 5.78. The standard InChI is InChI=1S/C13H11ClFNO/c14-13-11(8-15)12(6-7-16-13)17-9-10-4-2-1-3-5-10/h1-7H,8-9H2. The molecule has 17 heavy (non-hydrogen) atoms. The van der Waals surface area contributed by atoms with Crippen LogP contribution >= 0.6 is 11.6 Å². The lowest BCUT2D eigenvalue weighted by Crippen LogP contribution is -1.99. The molecule has 0 fully saturated rings. The highest BCUT2D eigenvalue weighted by molar-refractivity contribution is 6.30. The van der Waals surface area contributed by atoms with E-state index in [1.165, 1.54) is 6.20 Å². The summed E-state index contributed by atoms with van der Waals surface area (Å²) in [4.78, 5) is 3.81. The van der Waals surface area contributed by atoms with Crippen LogP contribution in [0.5, 0.6) is 5.75 Å². The Labute approximate surface area is 104 Å². The summed E-state index contributed by atoms with van der Waals surface area (Å²) in [6.45, 7) is -0.301. The molecule has 0 aliphatic heterocycles. The minimum atomic E-state index is -0.684. The number of hydrogen-bond acceptors (Lipinski definition) is 2. The molecule has 0 N–H and O–H groups in total. The molecule has 88 valence electrons. The Balaban J connectivity index is 2.12. The number of pyridine rings is 1. The van der Waals surface area contributed by atoms with Gasteiger partial charge in [0.25, 0.3) is 0 Å². The van der Waals surface area contributed by atoms with Crippen LogP contribution in [0.3, 0.4) is 0 Å². The molecular formula is C13H11ClFNO. The first kappa shape index (κ1) is 11.9. The van der Waals surface area contributed by atoms with Gasteiger partial charge in [0.15, 0.2) is 0 Å². The van der Waals surface area contributed by atoms with Crippen molar-refractivity contribution in [3.63, 3.8) is 0 Å². The second-order valence-electron chi connectivity index (χ2n) is 3.49. The zero-order valence-electron chi connectivity index (χ0n) is 9.07. The van der Waals surface area contributed by atoms with Crippen molar-refractivity contribution in [2.24, 2.45) is 0 Å². The number of aromatic nitrogens is 1. The molecule has 2 nitrogen and oxygen atoms in total. The maximum absolute atomic E-state index is 12.8. The van der Waals surface area contributed by atoms with Crippen molar-refractivity contribution in [2.75, 3.05) is 0 Å². The van der Waals surface area contributed by atoms with Gasteiger partial charge in [0.1, 0.15) is 24.2 Å². The highest BCUT2D eigenvalue weighted by Gasteiger charge is 2.09. The number of ether oxygens (including phenoxy) is 1. The van der Waals surface area contributed by atoms with Gasteiger partial charge in [-0.05, 0) is 11.6 Å². The van der Waals surface area contributed by atoms with Crippen molar-refractivity contribution in [3.8, 4) is 5.75 Å². The Hall–Kier alpha value is -1.61. The quantitative estimate of drug-likeness (QED) is 0.772. The highest BCUT2D eigenvalue weighted by Crippen LogP contribution is 2.25. The van der Waals surface area contributed by atoms with Gasteiger partial charge in [-0.25, -0.2) is 9.37 Å². The average molecular weight is 252 g/mol. The van der Waals surface area contributed by atoms with E-state index < -0.39 is 6.67 Å². The lowest BCUT2D eigenvalue weighted by atomic mass is 10.2. The van der Waals surface area contributed by atoms with E-state index in [1.807, 2.05) is 30.3 Å². The van der Waals surface area contributed by atoms with Gasteiger partial charge in [-0.15, -0.1) is 0 Å². The van der Waals surface area contributed by atoms with E-state index in [0.29, 0.717) is 17.9 Å². The van der Waals surface area contributed by atoms with Crippen LogP contribution in [-0.2, 0) is 13.3 Å². The van der Waals surface area contributed by atoms with Crippen LogP contribution in [-0.4, -0.2) is 4.98 Å². The number of nitrogens with zero attached hydrogens (tertiary/aromatic N) is 1. The molecule has 1 aromatic heterocycles. The maximum atomic E-state index is 12.8. The lowest BCUT2D eigenvalue weighted by molar-refractivity contribution is 0.297. The molecule has 0 saturated carbocycles. The largest absolute Gasteiger partial charge is 0.488 e. The summed E-state index contributed by atoms with van der Waals surface area (Å²) in [5, 5.41) is 0.151. The number of rotatable bonds is 4. The van der Waals surface area contributed by atoms with Gasteiger partial charge in [0.2, 0.25) is 0 Å². The third-order valence-electron chi connectivity index (χ3n) is 2.33. The average Bonchev–Trinajstić information content (AvgIpc) is 2.37. The first-order chi connectivity index (χ1) is 8.31. The first-order valence-corrected chi connectivity index (χ1v) is 5.55. The van der Waals surface area contributed by atoms with Crippen LogP contribution in [0.2, 0.25) is 5.15 Å². The van der Waals surface area contributed by atoms with Gasteiger partial charge < -0.3 is 4.74 Å². The third kappa shape index (κ3) is 2.94. The molecule has 2 aromatic rings. The van der Waals surface area contributed by atoms with E-state index in [2.05, 4.69) is 4.98 Å². The predicted octanol–water partition coefficient (Wildman–Crippen LogP) is 3.78. The minimum absolute atomic E-state index is 0.151. The molecule has 1 heterocycles. The molecule has 0 radical (unpaired) electrons. The zero-order chi connectivity index (χ0) is 12.1. The SMILES string of the molecule is FCc1c(OCc2ccccc2)ccnc1Cl. The van der Waals surface area contributed by atoms with E-state index >= 15 is 0 Å². The molecule has 4 heteroatoms. The predicted molar refractivity (Wildman–Crippen MR) is 64.8 cm³/mol. The second kappa shape index (κ2) is 5.64. The third-order valence-corrected chi connectivity index (χ3v) is 2.66. The van der Waals surface area contributed by atoms with Gasteiger partial charge in [0.05, 0.1) is 5.56 Å². The highest BCUT2D eigenvalue weighted by atomic mass is 35.5. The molecular weight excluding hydrogens is 241 g/mol. The summed E-state index contributed by atoms with van der Waals surface area (Å²) in [7, 11) is 0. The fourth-order valence-electron chi connectivity index (χ4n) is 1.44. The summed E-state index contributed by atoms with van der Waals surface area (Å²) < 4.78 is 18.3. The Kier molecular flexibility index (Phi) is 3.94. The van der Waals surface area contributed by atoms with Crippen LogP contribution in [0.4, 0.5) is 4.39 Å². The summed E-state index contributed by atoms with van der Waals surface area (Å²) in [6, 6.07) is 11.3. The Morgan fingerprint density at radius 3 is 2.65 bits per heavy atom. The normalized spacial score (nSPS) is 10.2. The molecule has 0 saturated heterocycles. The van der Waals surface area contributed by atoms with Crippen molar-refractivity contribution in [1.82, 2.24) is 4.98 Å². The maximum Gasteiger partial charge on any atom is 0.138 e. The fourth-order valence-corrected chi connectivity index (χ4v) is 1.64. The van der Waals surface area contributed by atoms with Crippen molar-refractivity contribution < 1.29 is 9.13 Å². The van der Waals surface area contributed by atoms with E-state index in [9.17, 15) is 4.39 Å². The van der Waals surface area contributed by atoms with Crippen LogP contribution < -0.4 is 4.74 Å². The van der Waals surface area contributed by atoms with Crippen molar-refractivity contribution >= 4 is 11.6 Å². The van der Waals surface area contributed by atoms with Gasteiger partial charge in [-0.3, -0.25) is 0 Å². The summed E-state index contributed by atoms with van der Waals surface area (Å²) in [6.07, 6.45) is 1.50. The number of alkyl halides is 1. The van der Waals surface area contributed by atoms with Crippen LogP contribution in [0.15, 0.2) is 42.6 Å². The molecule has 0 atom stereocenters. The zero-order valence-corrected chi connectivity index (χ0v) is 9.82. The molecule has 2 rings (SSSR count). The molecule has 0 aliphatic carbocycles. The van der Waals surface area contributed by atoms with E-state index in [4.69, 9.17) is 16.3 Å². The number of benzene rings is 1. The molecule has 0 unspecified atom stereocenters. The molecule has 0 amide bonds. The van der Waals surface area contributed by atoms with Crippen molar-refractivity contribution in [2.45, 2.75) is 13.3 Å². The lowest BCUT2D eigenvalue weighted by Gasteiger charge is -2.10. The second-order valence-corrected chi connectivity index (χ2v) is 3.84. The van der Waals surface area contributed by atoms with Gasteiger partial charge >= 0.3 is 0 Å². The van der Waals surface area contributed by atoms with E-state index in [1.54, 1.807) is 6.07 Å². The summed E-state index contributed by atoms with van der Waals surface area (Å²) in [5.74, 6) is 0.441. The Morgan fingerprint density at radius 1 is 1.18 bits per heavy atom. The van der Waals surface area contributed by atoms with Crippen LogP contribution in [0, 0.1) is 0 Å². The van der Waals surface area contributed by atoms with Crippen LogP contribution in [0.1, 0.15) is 11.1 Å². The van der Waals surface area contributed by atoms with Gasteiger partial charge in [-0.2, -0.15) is 0 Å². The molecule has 0 aliphatic rings. The van der Waals surface area contributed by atoms with E-state index in [0.717, 1.165) is 5.56 Å². The van der Waals surface area contributed by atoms with Crippen molar-refractivity contribution in [1.29, 1.82) is 0 Å². The molecule has 0 spiro atoms. The smallest absolute Gasteiger partial charge is 0.138 e. The monoisotopic (exact) mass is 251 g/mol. The van der Waals surface area contributed by atoms with Crippen LogP contribution in [0.25, 0.3) is 0 Å². The topological polar surface area (TPSA) is 22.1 Å². The first-order valence-electron chi connectivity index (χ1n) is 5.17.